The molecule has 3 nitrogen and oxygen atoms in total. The Morgan fingerprint density at radius 2 is 1.79 bits per heavy atom. The van der Waals surface area contributed by atoms with Crippen LogP contribution in [-0.2, 0) is 4.74 Å². The van der Waals surface area contributed by atoms with E-state index in [0.29, 0.717) is 6.10 Å². The fraction of sp³-hybridized carbons (Fsp3) is 1.00. The third-order valence-corrected chi connectivity index (χ3v) is 5.61. The van der Waals surface area contributed by atoms with Crippen molar-refractivity contribution in [2.24, 2.45) is 11.8 Å². The van der Waals surface area contributed by atoms with Crippen molar-refractivity contribution in [2.45, 2.75) is 57.6 Å². The van der Waals surface area contributed by atoms with E-state index in [1.165, 1.54) is 64.7 Å². The van der Waals surface area contributed by atoms with Crippen molar-refractivity contribution in [2.75, 3.05) is 32.8 Å². The number of nitrogens with one attached hydrogen (secondary N) is 1. The first kappa shape index (κ1) is 13.8. The Labute approximate surface area is 118 Å². The summed E-state index contributed by atoms with van der Waals surface area (Å²) in [6.45, 7) is 7.92. The average molecular weight is 266 g/mol. The third-order valence-electron chi connectivity index (χ3n) is 5.61. The summed E-state index contributed by atoms with van der Waals surface area (Å²) in [6, 6.07) is 0.865. The van der Waals surface area contributed by atoms with Crippen LogP contribution in [0.5, 0.6) is 0 Å². The molecular formula is C16H30N2O. The number of ether oxygens (including phenoxy) is 1. The zero-order valence-corrected chi connectivity index (χ0v) is 12.4. The molecule has 1 aliphatic heterocycles. The molecule has 4 unspecified atom stereocenters. The van der Waals surface area contributed by atoms with Crippen molar-refractivity contribution in [3.63, 3.8) is 0 Å². The van der Waals surface area contributed by atoms with Crippen LogP contribution in [0.4, 0.5) is 0 Å². The fourth-order valence-electron chi connectivity index (χ4n) is 4.59. The molecule has 0 amide bonds. The molecule has 0 spiro atoms. The monoisotopic (exact) mass is 266 g/mol. The molecule has 3 fully saturated rings. The van der Waals surface area contributed by atoms with E-state index in [0.717, 1.165) is 24.5 Å². The van der Waals surface area contributed by atoms with Gasteiger partial charge in [-0.05, 0) is 57.3 Å². The van der Waals surface area contributed by atoms with E-state index in [-0.39, 0.29) is 0 Å². The molecule has 0 aromatic heterocycles. The molecule has 110 valence electrons. The highest BCUT2D eigenvalue weighted by molar-refractivity contribution is 4.90. The van der Waals surface area contributed by atoms with Crippen molar-refractivity contribution >= 4 is 0 Å². The lowest BCUT2D eigenvalue weighted by molar-refractivity contribution is -0.0223. The van der Waals surface area contributed by atoms with E-state index >= 15 is 0 Å². The van der Waals surface area contributed by atoms with Gasteiger partial charge in [-0.1, -0.05) is 0 Å². The Kier molecular flexibility index (Phi) is 4.78. The van der Waals surface area contributed by atoms with Gasteiger partial charge >= 0.3 is 0 Å². The number of hydrogen-bond acceptors (Lipinski definition) is 3. The summed E-state index contributed by atoms with van der Waals surface area (Å²) in [7, 11) is 0. The van der Waals surface area contributed by atoms with Crippen LogP contribution in [-0.4, -0.2) is 49.8 Å². The van der Waals surface area contributed by atoms with Gasteiger partial charge in [0.1, 0.15) is 0 Å². The van der Waals surface area contributed by atoms with Gasteiger partial charge in [0.2, 0.25) is 0 Å². The molecule has 0 bridgehead atoms. The van der Waals surface area contributed by atoms with Crippen molar-refractivity contribution in [3.05, 3.63) is 0 Å². The van der Waals surface area contributed by atoms with E-state index in [1.54, 1.807) is 0 Å². The molecule has 0 aromatic carbocycles. The lowest BCUT2D eigenvalue weighted by Gasteiger charge is -2.46. The molecule has 19 heavy (non-hydrogen) atoms. The second kappa shape index (κ2) is 6.55. The Balaban J connectivity index is 1.54. The van der Waals surface area contributed by atoms with E-state index in [1.807, 2.05) is 0 Å². The van der Waals surface area contributed by atoms with Crippen molar-refractivity contribution in [3.8, 4) is 0 Å². The largest absolute Gasteiger partial charge is 0.378 e. The fourth-order valence-corrected chi connectivity index (χ4v) is 4.59. The lowest BCUT2D eigenvalue weighted by Crippen LogP contribution is -2.51. The van der Waals surface area contributed by atoms with Crippen molar-refractivity contribution < 1.29 is 4.74 Å². The van der Waals surface area contributed by atoms with E-state index < -0.39 is 0 Å². The van der Waals surface area contributed by atoms with Crippen LogP contribution < -0.4 is 5.32 Å². The summed E-state index contributed by atoms with van der Waals surface area (Å²) in [5, 5.41) is 3.47. The molecule has 3 rings (SSSR count). The molecule has 0 aromatic rings. The zero-order chi connectivity index (χ0) is 13.1. The second-order valence-corrected chi connectivity index (χ2v) is 6.66. The molecule has 2 aliphatic carbocycles. The number of hydrogen-bond donors (Lipinski definition) is 1. The summed E-state index contributed by atoms with van der Waals surface area (Å²) in [5.41, 5.74) is 0. The van der Waals surface area contributed by atoms with Crippen LogP contribution >= 0.6 is 0 Å². The van der Waals surface area contributed by atoms with Gasteiger partial charge in [-0.3, -0.25) is 4.90 Å². The summed E-state index contributed by atoms with van der Waals surface area (Å²) in [4.78, 5) is 2.75. The minimum atomic E-state index is 0.563. The summed E-state index contributed by atoms with van der Waals surface area (Å²) < 4.78 is 5.89. The first-order chi connectivity index (χ1) is 9.36. The normalized spacial score (nSPS) is 40.9. The average Bonchev–Trinajstić information content (AvgIpc) is 2.48. The Bertz CT molecular complexity index is 278. The molecular weight excluding hydrogens is 236 g/mol. The quantitative estimate of drug-likeness (QED) is 0.848. The van der Waals surface area contributed by atoms with Gasteiger partial charge in [-0.15, -0.1) is 0 Å². The zero-order valence-electron chi connectivity index (χ0n) is 12.4. The molecule has 1 N–H and O–H groups in total. The van der Waals surface area contributed by atoms with Crippen molar-refractivity contribution in [1.82, 2.24) is 10.2 Å². The molecule has 4 atom stereocenters. The van der Waals surface area contributed by atoms with Crippen LogP contribution in [0.15, 0.2) is 0 Å². The van der Waals surface area contributed by atoms with Gasteiger partial charge in [-0.2, -0.15) is 0 Å². The first-order valence-corrected chi connectivity index (χ1v) is 8.43. The topological polar surface area (TPSA) is 24.5 Å². The predicted octanol–water partition coefficient (Wildman–Crippen LogP) is 2.27. The molecule has 3 aliphatic rings. The van der Waals surface area contributed by atoms with Crippen LogP contribution in [0.3, 0.4) is 0 Å². The summed E-state index contributed by atoms with van der Waals surface area (Å²) in [6.07, 6.45) is 8.98. The van der Waals surface area contributed by atoms with Crippen LogP contribution in [0.1, 0.15) is 45.4 Å². The van der Waals surface area contributed by atoms with E-state index in [4.69, 9.17) is 4.74 Å². The molecule has 0 radical (unpaired) electrons. The molecule has 2 saturated carbocycles. The predicted molar refractivity (Wildman–Crippen MR) is 78.3 cm³/mol. The Morgan fingerprint density at radius 1 is 1.00 bits per heavy atom. The van der Waals surface area contributed by atoms with Crippen LogP contribution in [0.2, 0.25) is 0 Å². The maximum atomic E-state index is 5.89. The Morgan fingerprint density at radius 3 is 2.58 bits per heavy atom. The maximum Gasteiger partial charge on any atom is 0.0577 e. The van der Waals surface area contributed by atoms with Crippen LogP contribution in [0, 0.1) is 11.8 Å². The number of piperazine rings is 1. The lowest BCUT2D eigenvalue weighted by atomic mass is 9.68. The van der Waals surface area contributed by atoms with Gasteiger partial charge in [-0.25, -0.2) is 0 Å². The van der Waals surface area contributed by atoms with Crippen molar-refractivity contribution in [1.29, 1.82) is 0 Å². The number of rotatable bonds is 3. The summed E-state index contributed by atoms with van der Waals surface area (Å²) >= 11 is 0. The third kappa shape index (κ3) is 3.32. The highest BCUT2D eigenvalue weighted by Crippen LogP contribution is 2.42. The van der Waals surface area contributed by atoms with E-state index in [9.17, 15) is 0 Å². The maximum absolute atomic E-state index is 5.89. The molecule has 3 heteroatoms. The van der Waals surface area contributed by atoms with Crippen LogP contribution in [0.25, 0.3) is 0 Å². The summed E-state index contributed by atoms with van der Waals surface area (Å²) in [5.74, 6) is 1.95. The van der Waals surface area contributed by atoms with E-state index in [2.05, 4.69) is 17.1 Å². The second-order valence-electron chi connectivity index (χ2n) is 6.66. The number of nitrogens with zero attached hydrogens (tertiary/aromatic N) is 1. The van der Waals surface area contributed by atoms with Gasteiger partial charge in [0, 0.05) is 38.8 Å². The first-order valence-electron chi connectivity index (χ1n) is 8.43. The minimum absolute atomic E-state index is 0.563. The highest BCUT2D eigenvalue weighted by Gasteiger charge is 2.37. The molecule has 1 saturated heterocycles. The SMILES string of the molecule is CCOC1CCC2CCC(N3CCNCC3)CC2C1. The van der Waals surface area contributed by atoms with Gasteiger partial charge in [0.15, 0.2) is 0 Å². The Hall–Kier alpha value is -0.120. The van der Waals surface area contributed by atoms with Gasteiger partial charge < -0.3 is 10.1 Å². The molecule has 1 heterocycles. The number of fused-ring (bicyclic) bond motifs is 1. The minimum Gasteiger partial charge on any atom is -0.378 e. The van der Waals surface area contributed by atoms with Gasteiger partial charge in [0.25, 0.3) is 0 Å². The highest BCUT2D eigenvalue weighted by atomic mass is 16.5. The standard InChI is InChI=1S/C16H30N2O/c1-2-19-16-6-4-13-3-5-15(11-14(13)12-16)18-9-7-17-8-10-18/h13-17H,2-12H2,1H3. The van der Waals surface area contributed by atoms with Gasteiger partial charge in [0.05, 0.1) is 6.10 Å². The smallest absolute Gasteiger partial charge is 0.0577 e.